The number of nitrogens with one attached hydrogen (secondary N) is 1. The monoisotopic (exact) mass is 341 g/mol. The Morgan fingerprint density at radius 2 is 2.30 bits per heavy atom. The smallest absolute Gasteiger partial charge is 0.139 e. The number of hydrogen-bond acceptors (Lipinski definition) is 3. The van der Waals surface area contributed by atoms with E-state index in [1.807, 2.05) is 0 Å². The molecule has 1 fully saturated rings. The second kappa shape index (κ2) is 6.06. The van der Waals surface area contributed by atoms with Crippen molar-refractivity contribution >= 4 is 21.7 Å². The van der Waals surface area contributed by atoms with Gasteiger partial charge in [0.1, 0.15) is 5.82 Å². The van der Waals surface area contributed by atoms with Gasteiger partial charge in [-0.25, -0.2) is 4.68 Å². The van der Waals surface area contributed by atoms with E-state index in [9.17, 15) is 0 Å². The zero-order valence-corrected chi connectivity index (χ0v) is 13.9. The molecule has 3 heterocycles. The molecule has 2 aliphatic heterocycles. The second-order valence-corrected chi connectivity index (χ2v) is 7.19. The number of nitrogens with zero attached hydrogens (tertiary/aromatic N) is 2. The molecule has 0 bridgehead atoms. The maximum Gasteiger partial charge on any atom is 0.139 e. The number of aryl methyl sites for hydroxylation is 1. The highest BCUT2D eigenvalue weighted by Gasteiger charge is 2.33. The molecule has 0 saturated carbocycles. The van der Waals surface area contributed by atoms with Crippen LogP contribution in [0.25, 0.3) is 0 Å². The highest BCUT2D eigenvalue weighted by atomic mass is 79.9. The van der Waals surface area contributed by atoms with Crippen molar-refractivity contribution in [3.8, 4) is 0 Å². The van der Waals surface area contributed by atoms with Gasteiger partial charge in [-0.05, 0) is 47.5 Å². The van der Waals surface area contributed by atoms with Crippen molar-refractivity contribution in [1.29, 1.82) is 0 Å². The topological polar surface area (TPSA) is 39.1 Å². The lowest BCUT2D eigenvalue weighted by Gasteiger charge is -2.29. The summed E-state index contributed by atoms with van der Waals surface area (Å²) in [6.07, 6.45) is 4.56. The van der Waals surface area contributed by atoms with Crippen LogP contribution in [0.3, 0.4) is 0 Å². The molecule has 3 rings (SSSR count). The van der Waals surface area contributed by atoms with Crippen molar-refractivity contribution in [3.05, 3.63) is 10.2 Å². The van der Waals surface area contributed by atoms with Gasteiger partial charge in [-0.3, -0.25) is 0 Å². The molecule has 2 atom stereocenters. The summed E-state index contributed by atoms with van der Waals surface area (Å²) < 4.78 is 8.96. The van der Waals surface area contributed by atoms with Gasteiger partial charge in [-0.15, -0.1) is 0 Å². The molecule has 1 saturated heterocycles. The minimum absolute atomic E-state index is 0.498. The summed E-state index contributed by atoms with van der Waals surface area (Å²) in [6.45, 7) is 7.37. The molecule has 20 heavy (non-hydrogen) atoms. The van der Waals surface area contributed by atoms with Crippen LogP contribution in [0.1, 0.15) is 44.8 Å². The van der Waals surface area contributed by atoms with Gasteiger partial charge in [0, 0.05) is 19.1 Å². The lowest BCUT2D eigenvalue weighted by molar-refractivity contribution is 0.167. The first-order chi connectivity index (χ1) is 9.66. The van der Waals surface area contributed by atoms with Crippen LogP contribution in [0, 0.1) is 11.8 Å². The minimum atomic E-state index is 0.498. The zero-order chi connectivity index (χ0) is 14.1. The van der Waals surface area contributed by atoms with E-state index >= 15 is 0 Å². The molecule has 5 heteroatoms. The van der Waals surface area contributed by atoms with E-state index in [4.69, 9.17) is 9.84 Å². The first kappa shape index (κ1) is 14.4. The fraction of sp³-hybridized carbons (Fsp3) is 0.800. The minimum Gasteiger partial charge on any atom is -0.381 e. The normalized spacial score (nSPS) is 25.8. The average molecular weight is 342 g/mol. The molecule has 0 aliphatic carbocycles. The Kier molecular flexibility index (Phi) is 4.36. The van der Waals surface area contributed by atoms with Gasteiger partial charge in [0.25, 0.3) is 0 Å². The van der Waals surface area contributed by atoms with Crippen molar-refractivity contribution in [1.82, 2.24) is 9.78 Å². The highest BCUT2D eigenvalue weighted by molar-refractivity contribution is 9.10. The summed E-state index contributed by atoms with van der Waals surface area (Å²) >= 11 is 3.75. The maximum absolute atomic E-state index is 5.57. The van der Waals surface area contributed by atoms with Crippen molar-refractivity contribution in [2.75, 3.05) is 25.1 Å². The molecule has 0 radical (unpaired) electrons. The quantitative estimate of drug-likeness (QED) is 0.908. The molecule has 1 aromatic heterocycles. The number of aromatic nitrogens is 2. The van der Waals surface area contributed by atoms with Crippen LogP contribution in [0.15, 0.2) is 4.47 Å². The Balaban J connectivity index is 1.83. The van der Waals surface area contributed by atoms with Crippen molar-refractivity contribution in [3.63, 3.8) is 0 Å². The molecular weight excluding hydrogens is 318 g/mol. The zero-order valence-electron chi connectivity index (χ0n) is 12.4. The molecule has 1 N–H and O–H groups in total. The fourth-order valence-electron chi connectivity index (χ4n) is 3.20. The lowest BCUT2D eigenvalue weighted by Crippen LogP contribution is -2.29. The Bertz CT molecular complexity index is 466. The third kappa shape index (κ3) is 2.75. The van der Waals surface area contributed by atoms with Crippen LogP contribution in [-0.2, 0) is 11.2 Å². The van der Waals surface area contributed by atoms with Crippen LogP contribution in [0.5, 0.6) is 0 Å². The molecule has 0 spiro atoms. The SMILES string of the molecule is CC(C)CCc1nn2c(c1Br)NCCC2C1CCOC1. The molecule has 2 unspecified atom stereocenters. The summed E-state index contributed by atoms with van der Waals surface area (Å²) in [4.78, 5) is 0. The largest absolute Gasteiger partial charge is 0.381 e. The third-order valence-corrected chi connectivity index (χ3v) is 5.27. The van der Waals surface area contributed by atoms with Crippen LogP contribution >= 0.6 is 15.9 Å². The van der Waals surface area contributed by atoms with E-state index < -0.39 is 0 Å². The number of ether oxygens (including phenoxy) is 1. The van der Waals surface area contributed by atoms with Gasteiger partial charge in [-0.1, -0.05) is 13.8 Å². The summed E-state index contributed by atoms with van der Waals surface area (Å²) in [7, 11) is 0. The first-order valence-corrected chi connectivity index (χ1v) is 8.54. The van der Waals surface area contributed by atoms with Gasteiger partial charge in [0.15, 0.2) is 0 Å². The van der Waals surface area contributed by atoms with Gasteiger partial charge in [-0.2, -0.15) is 5.10 Å². The van der Waals surface area contributed by atoms with Crippen LogP contribution in [0.2, 0.25) is 0 Å². The van der Waals surface area contributed by atoms with Crippen molar-refractivity contribution < 1.29 is 4.74 Å². The lowest BCUT2D eigenvalue weighted by atomic mass is 9.95. The van der Waals surface area contributed by atoms with Crippen LogP contribution < -0.4 is 5.32 Å². The standard InChI is InChI=1S/C15H24BrN3O/c1-10(2)3-4-12-14(16)15-17-7-5-13(19(15)18-12)11-6-8-20-9-11/h10-11,13,17H,3-9H2,1-2H3. The number of fused-ring (bicyclic) bond motifs is 1. The summed E-state index contributed by atoms with van der Waals surface area (Å²) in [6, 6.07) is 0.498. The van der Waals surface area contributed by atoms with E-state index in [1.165, 1.54) is 28.8 Å². The first-order valence-electron chi connectivity index (χ1n) is 7.75. The maximum atomic E-state index is 5.57. The van der Waals surface area contributed by atoms with Gasteiger partial charge >= 0.3 is 0 Å². The highest BCUT2D eigenvalue weighted by Crippen LogP contribution is 2.38. The Hall–Kier alpha value is -0.550. The molecule has 0 aromatic carbocycles. The predicted molar refractivity (Wildman–Crippen MR) is 84.2 cm³/mol. The Labute approximate surface area is 129 Å². The Morgan fingerprint density at radius 1 is 1.45 bits per heavy atom. The second-order valence-electron chi connectivity index (χ2n) is 6.39. The fourth-order valence-corrected chi connectivity index (χ4v) is 3.80. The molecule has 0 amide bonds. The van der Waals surface area contributed by atoms with Crippen molar-refractivity contribution in [2.24, 2.45) is 11.8 Å². The Morgan fingerprint density at radius 3 is 3.00 bits per heavy atom. The number of rotatable bonds is 4. The molecule has 4 nitrogen and oxygen atoms in total. The predicted octanol–water partition coefficient (Wildman–Crippen LogP) is 3.63. The molecule has 1 aromatic rings. The van der Waals surface area contributed by atoms with E-state index in [0.29, 0.717) is 17.9 Å². The van der Waals surface area contributed by atoms with Crippen molar-refractivity contribution in [2.45, 2.75) is 45.6 Å². The number of hydrogen-bond donors (Lipinski definition) is 1. The molecule has 2 aliphatic rings. The van der Waals surface area contributed by atoms with Gasteiger partial charge < -0.3 is 10.1 Å². The number of anilines is 1. The van der Waals surface area contributed by atoms with Gasteiger partial charge in [0.05, 0.1) is 22.8 Å². The molecular formula is C15H24BrN3O. The summed E-state index contributed by atoms with van der Waals surface area (Å²) in [5, 5.41) is 8.41. The third-order valence-electron chi connectivity index (χ3n) is 4.43. The molecule has 112 valence electrons. The van der Waals surface area contributed by atoms with Gasteiger partial charge in [0.2, 0.25) is 0 Å². The summed E-state index contributed by atoms with van der Waals surface area (Å²) in [5.74, 6) is 2.51. The van der Waals surface area contributed by atoms with E-state index in [-0.39, 0.29) is 0 Å². The average Bonchev–Trinajstić information content (AvgIpc) is 3.05. The van der Waals surface area contributed by atoms with Crippen LogP contribution in [0.4, 0.5) is 5.82 Å². The van der Waals surface area contributed by atoms with E-state index in [2.05, 4.69) is 39.8 Å². The van der Waals surface area contributed by atoms with E-state index in [0.717, 1.165) is 32.6 Å². The van der Waals surface area contributed by atoms with E-state index in [1.54, 1.807) is 0 Å². The van der Waals surface area contributed by atoms with Crippen LogP contribution in [-0.4, -0.2) is 29.5 Å². The summed E-state index contributed by atoms with van der Waals surface area (Å²) in [5.41, 5.74) is 1.20. The number of halogens is 1.